The fourth-order valence-corrected chi connectivity index (χ4v) is 2.69. The zero-order chi connectivity index (χ0) is 18.2. The van der Waals surface area contributed by atoms with E-state index in [1.54, 1.807) is 0 Å². The average molecular weight is 342 g/mol. The molecule has 2 aromatic rings. The number of aliphatic hydroxyl groups excluding tert-OH is 1. The van der Waals surface area contributed by atoms with Crippen molar-refractivity contribution in [3.8, 4) is 0 Å². The van der Waals surface area contributed by atoms with E-state index in [9.17, 15) is 9.59 Å². The van der Waals surface area contributed by atoms with Gasteiger partial charge in [0.2, 0.25) is 11.8 Å². The van der Waals surface area contributed by atoms with Crippen LogP contribution in [0.4, 0.5) is 0 Å². The lowest BCUT2D eigenvalue weighted by atomic mass is 10.0. The number of nitrogens with one attached hydrogen (secondary N) is 2. The molecule has 0 aromatic heterocycles. The summed E-state index contributed by atoms with van der Waals surface area (Å²) in [5.41, 5.74) is 0.916. The van der Waals surface area contributed by atoms with Crippen LogP contribution in [0.15, 0.2) is 42.5 Å². The molecule has 1 atom stereocenters. The van der Waals surface area contributed by atoms with Gasteiger partial charge >= 0.3 is 0 Å². The number of carbonyl (C=O) groups is 2. The van der Waals surface area contributed by atoms with Crippen molar-refractivity contribution in [1.29, 1.82) is 0 Å². The summed E-state index contributed by atoms with van der Waals surface area (Å²) in [4.78, 5) is 24.6. The summed E-state index contributed by atoms with van der Waals surface area (Å²) in [6.45, 7) is 4.22. The van der Waals surface area contributed by atoms with Gasteiger partial charge in [-0.15, -0.1) is 0 Å². The molecule has 3 N–H and O–H groups in total. The Morgan fingerprint density at radius 1 is 1.08 bits per heavy atom. The molecule has 25 heavy (non-hydrogen) atoms. The molecule has 5 heteroatoms. The van der Waals surface area contributed by atoms with Gasteiger partial charge in [0, 0.05) is 13.2 Å². The second kappa shape index (κ2) is 9.18. The third-order valence-electron chi connectivity index (χ3n) is 4.08. The van der Waals surface area contributed by atoms with E-state index in [0.717, 1.165) is 16.3 Å². The smallest absolute Gasteiger partial charge is 0.242 e. The molecule has 0 heterocycles. The van der Waals surface area contributed by atoms with Gasteiger partial charge < -0.3 is 15.7 Å². The summed E-state index contributed by atoms with van der Waals surface area (Å²) >= 11 is 0. The first kappa shape index (κ1) is 18.9. The predicted molar refractivity (Wildman–Crippen MR) is 99.1 cm³/mol. The summed E-state index contributed by atoms with van der Waals surface area (Å²) in [6.07, 6.45) is 0.736. The van der Waals surface area contributed by atoms with Gasteiger partial charge in [-0.3, -0.25) is 9.59 Å². The van der Waals surface area contributed by atoms with Gasteiger partial charge in [0.1, 0.15) is 6.04 Å². The molecule has 2 aromatic carbocycles. The SMILES string of the molecule is CC(C)C(NC(=O)Cc1ccc2ccccc2c1)C(=O)NCCCO. The molecule has 1 unspecified atom stereocenters. The minimum atomic E-state index is -0.577. The van der Waals surface area contributed by atoms with Crippen LogP contribution >= 0.6 is 0 Å². The quantitative estimate of drug-likeness (QED) is 0.642. The van der Waals surface area contributed by atoms with Crippen LogP contribution in [0.5, 0.6) is 0 Å². The van der Waals surface area contributed by atoms with Gasteiger partial charge in [-0.05, 0) is 28.7 Å². The number of aliphatic hydroxyl groups is 1. The molecule has 0 aliphatic heterocycles. The van der Waals surface area contributed by atoms with Crippen molar-refractivity contribution in [2.75, 3.05) is 13.2 Å². The second-order valence-corrected chi connectivity index (χ2v) is 6.52. The second-order valence-electron chi connectivity index (χ2n) is 6.52. The number of benzene rings is 2. The summed E-state index contributed by atoms with van der Waals surface area (Å²) in [5.74, 6) is -0.406. The Kier molecular flexibility index (Phi) is 6.95. The fourth-order valence-electron chi connectivity index (χ4n) is 2.69. The van der Waals surface area contributed by atoms with Crippen LogP contribution in [-0.2, 0) is 16.0 Å². The van der Waals surface area contributed by atoms with Crippen molar-refractivity contribution in [2.24, 2.45) is 5.92 Å². The number of carbonyl (C=O) groups excluding carboxylic acids is 2. The zero-order valence-electron chi connectivity index (χ0n) is 14.8. The van der Waals surface area contributed by atoms with Crippen LogP contribution in [0.3, 0.4) is 0 Å². The lowest BCUT2D eigenvalue weighted by Crippen LogP contribution is -2.50. The third kappa shape index (κ3) is 5.57. The van der Waals surface area contributed by atoms with E-state index >= 15 is 0 Å². The van der Waals surface area contributed by atoms with Gasteiger partial charge in [-0.1, -0.05) is 56.3 Å². The summed E-state index contributed by atoms with van der Waals surface area (Å²) in [7, 11) is 0. The largest absolute Gasteiger partial charge is 0.396 e. The summed E-state index contributed by atoms with van der Waals surface area (Å²) in [5, 5.41) is 16.6. The van der Waals surface area contributed by atoms with Crippen LogP contribution in [0.2, 0.25) is 0 Å². The number of rotatable bonds is 8. The van der Waals surface area contributed by atoms with Gasteiger partial charge in [0.25, 0.3) is 0 Å². The molecule has 2 amide bonds. The number of hydrogen-bond acceptors (Lipinski definition) is 3. The zero-order valence-corrected chi connectivity index (χ0v) is 14.8. The van der Waals surface area contributed by atoms with Gasteiger partial charge in [0.05, 0.1) is 6.42 Å². The molecule has 0 bridgehead atoms. The van der Waals surface area contributed by atoms with Crippen molar-refractivity contribution in [1.82, 2.24) is 10.6 Å². The van der Waals surface area contributed by atoms with Gasteiger partial charge in [-0.2, -0.15) is 0 Å². The van der Waals surface area contributed by atoms with Gasteiger partial charge in [-0.25, -0.2) is 0 Å². The standard InChI is InChI=1S/C20H26N2O3/c1-14(2)19(20(25)21-10-5-11-23)22-18(24)13-15-8-9-16-6-3-4-7-17(16)12-15/h3-4,6-9,12,14,19,23H,5,10-11,13H2,1-2H3,(H,21,25)(H,22,24). The number of hydrogen-bond donors (Lipinski definition) is 3. The van der Waals surface area contributed by atoms with E-state index in [4.69, 9.17) is 5.11 Å². The molecule has 2 rings (SSSR count). The summed E-state index contributed by atoms with van der Waals surface area (Å²) < 4.78 is 0. The Morgan fingerprint density at radius 3 is 2.48 bits per heavy atom. The van der Waals surface area contributed by atoms with Crippen LogP contribution in [-0.4, -0.2) is 36.1 Å². The molecular formula is C20H26N2O3. The maximum Gasteiger partial charge on any atom is 0.242 e. The number of amides is 2. The Labute approximate surface area is 148 Å². The highest BCUT2D eigenvalue weighted by atomic mass is 16.3. The molecule has 5 nitrogen and oxygen atoms in total. The van der Waals surface area contributed by atoms with E-state index in [-0.39, 0.29) is 30.8 Å². The lowest BCUT2D eigenvalue weighted by Gasteiger charge is -2.21. The Balaban J connectivity index is 1.98. The van der Waals surface area contributed by atoms with E-state index in [2.05, 4.69) is 10.6 Å². The van der Waals surface area contributed by atoms with Crippen molar-refractivity contribution in [3.63, 3.8) is 0 Å². The predicted octanol–water partition coefficient (Wildman–Crippen LogP) is 2.02. The van der Waals surface area contributed by atoms with Crippen LogP contribution < -0.4 is 10.6 Å². The highest BCUT2D eigenvalue weighted by molar-refractivity contribution is 5.89. The topological polar surface area (TPSA) is 78.4 Å². The van der Waals surface area contributed by atoms with Crippen LogP contribution in [0, 0.1) is 5.92 Å². The monoisotopic (exact) mass is 342 g/mol. The molecular weight excluding hydrogens is 316 g/mol. The molecule has 0 aliphatic rings. The number of fused-ring (bicyclic) bond motifs is 1. The Bertz CT molecular complexity index is 728. The molecule has 0 saturated carbocycles. The fraction of sp³-hybridized carbons (Fsp3) is 0.400. The van der Waals surface area contributed by atoms with Gasteiger partial charge in [0.15, 0.2) is 0 Å². The van der Waals surface area contributed by atoms with E-state index in [0.29, 0.717) is 13.0 Å². The van der Waals surface area contributed by atoms with Crippen molar-refractivity contribution in [2.45, 2.75) is 32.7 Å². The normalized spacial score (nSPS) is 12.2. The first-order valence-electron chi connectivity index (χ1n) is 8.67. The van der Waals surface area contributed by atoms with E-state index < -0.39 is 6.04 Å². The molecule has 0 saturated heterocycles. The van der Waals surface area contributed by atoms with Crippen molar-refractivity contribution < 1.29 is 14.7 Å². The Morgan fingerprint density at radius 2 is 1.80 bits per heavy atom. The first-order chi connectivity index (χ1) is 12.0. The van der Waals surface area contributed by atoms with Crippen molar-refractivity contribution in [3.05, 3.63) is 48.0 Å². The lowest BCUT2D eigenvalue weighted by molar-refractivity contribution is -0.129. The molecule has 0 aliphatic carbocycles. The summed E-state index contributed by atoms with van der Waals surface area (Å²) in [6, 6.07) is 13.4. The van der Waals surface area contributed by atoms with Crippen molar-refractivity contribution >= 4 is 22.6 Å². The highest BCUT2D eigenvalue weighted by Gasteiger charge is 2.23. The highest BCUT2D eigenvalue weighted by Crippen LogP contribution is 2.16. The minimum absolute atomic E-state index is 0.0188. The molecule has 0 radical (unpaired) electrons. The molecule has 0 fully saturated rings. The maximum absolute atomic E-state index is 12.4. The molecule has 0 spiro atoms. The maximum atomic E-state index is 12.4. The Hall–Kier alpha value is -2.40. The average Bonchev–Trinajstić information content (AvgIpc) is 2.59. The van der Waals surface area contributed by atoms with E-state index in [1.807, 2.05) is 56.3 Å². The van der Waals surface area contributed by atoms with Crippen LogP contribution in [0.25, 0.3) is 10.8 Å². The third-order valence-corrected chi connectivity index (χ3v) is 4.08. The van der Waals surface area contributed by atoms with Crippen LogP contribution in [0.1, 0.15) is 25.8 Å². The minimum Gasteiger partial charge on any atom is -0.396 e. The van der Waals surface area contributed by atoms with E-state index in [1.165, 1.54) is 0 Å². The molecule has 134 valence electrons. The first-order valence-corrected chi connectivity index (χ1v) is 8.67.